The minimum atomic E-state index is -0.137. The van der Waals surface area contributed by atoms with Crippen molar-refractivity contribution in [3.8, 4) is 0 Å². The first-order valence-corrected chi connectivity index (χ1v) is 6.62. The molecule has 1 atom stereocenters. The monoisotopic (exact) mass is 286 g/mol. The van der Waals surface area contributed by atoms with E-state index in [-0.39, 0.29) is 11.8 Å². The average molecular weight is 287 g/mol. The van der Waals surface area contributed by atoms with E-state index in [4.69, 9.17) is 23.2 Å². The van der Waals surface area contributed by atoms with Crippen molar-refractivity contribution in [3.05, 3.63) is 33.8 Å². The van der Waals surface area contributed by atoms with Gasteiger partial charge in [-0.1, -0.05) is 23.2 Å². The number of carbonyl (C=O) groups excluding carboxylic acids is 1. The molecule has 1 aromatic carbocycles. The van der Waals surface area contributed by atoms with Gasteiger partial charge >= 0.3 is 0 Å². The Balaban J connectivity index is 2.24. The predicted molar refractivity (Wildman–Crippen MR) is 74.7 cm³/mol. The van der Waals surface area contributed by atoms with Gasteiger partial charge in [-0.15, -0.1) is 0 Å². The van der Waals surface area contributed by atoms with Crippen molar-refractivity contribution in [2.75, 3.05) is 33.7 Å². The highest BCUT2D eigenvalue weighted by atomic mass is 35.5. The summed E-state index contributed by atoms with van der Waals surface area (Å²) in [5, 5.41) is 0.972. The number of Topliss-reactive ketones (excluding diaryl/α,β-unsaturated/α-hetero) is 1. The van der Waals surface area contributed by atoms with Gasteiger partial charge in [-0.05, 0) is 32.3 Å². The molecule has 18 heavy (non-hydrogen) atoms. The van der Waals surface area contributed by atoms with Crippen LogP contribution in [-0.2, 0) is 0 Å². The summed E-state index contributed by atoms with van der Waals surface area (Å²) in [5.41, 5.74) is 0.549. The number of piperazine rings is 1. The lowest BCUT2D eigenvalue weighted by Crippen LogP contribution is -2.53. The third-order valence-electron chi connectivity index (χ3n) is 3.35. The van der Waals surface area contributed by atoms with Crippen molar-refractivity contribution < 1.29 is 4.79 Å². The summed E-state index contributed by atoms with van der Waals surface area (Å²) in [5.74, 6) is 0.0608. The van der Waals surface area contributed by atoms with Gasteiger partial charge < -0.3 is 4.90 Å². The zero-order chi connectivity index (χ0) is 13.3. The van der Waals surface area contributed by atoms with Gasteiger partial charge in [-0.3, -0.25) is 9.69 Å². The van der Waals surface area contributed by atoms with E-state index in [1.807, 2.05) is 14.1 Å². The lowest BCUT2D eigenvalue weighted by Gasteiger charge is -2.36. The Morgan fingerprint density at radius 3 is 2.67 bits per heavy atom. The lowest BCUT2D eigenvalue weighted by molar-refractivity contribution is 0.0686. The van der Waals surface area contributed by atoms with Gasteiger partial charge in [0.05, 0.1) is 11.1 Å². The SMILES string of the molecule is CN1CCN(C)C(C(=O)c2ccc(Cl)cc2Cl)C1. The molecular formula is C13H16Cl2N2O. The first kappa shape index (κ1) is 13.8. The first-order chi connectivity index (χ1) is 8.49. The molecule has 1 saturated heterocycles. The van der Waals surface area contributed by atoms with Crippen LogP contribution in [0, 0.1) is 0 Å². The molecule has 1 fully saturated rings. The topological polar surface area (TPSA) is 23.6 Å². The Kier molecular flexibility index (Phi) is 4.28. The summed E-state index contributed by atoms with van der Waals surface area (Å²) in [6, 6.07) is 4.88. The molecular weight excluding hydrogens is 271 g/mol. The predicted octanol–water partition coefficient (Wildman–Crippen LogP) is 2.42. The quantitative estimate of drug-likeness (QED) is 0.780. The molecule has 0 spiro atoms. The Morgan fingerprint density at radius 1 is 1.28 bits per heavy atom. The molecule has 98 valence electrons. The summed E-state index contributed by atoms with van der Waals surface area (Å²) >= 11 is 11.9. The zero-order valence-corrected chi connectivity index (χ0v) is 12.0. The largest absolute Gasteiger partial charge is 0.303 e. The standard InChI is InChI=1S/C13H16Cl2N2O/c1-16-5-6-17(2)12(8-16)13(18)10-4-3-9(14)7-11(10)15/h3-4,7,12H,5-6,8H2,1-2H3. The van der Waals surface area contributed by atoms with E-state index in [0.29, 0.717) is 15.6 Å². The van der Waals surface area contributed by atoms with E-state index in [1.165, 1.54) is 0 Å². The molecule has 5 heteroatoms. The number of benzene rings is 1. The highest BCUT2D eigenvalue weighted by Crippen LogP contribution is 2.23. The van der Waals surface area contributed by atoms with E-state index >= 15 is 0 Å². The maximum Gasteiger partial charge on any atom is 0.182 e. The Bertz CT molecular complexity index is 464. The van der Waals surface area contributed by atoms with E-state index in [9.17, 15) is 4.79 Å². The molecule has 0 N–H and O–H groups in total. The Labute approximate surface area is 117 Å². The molecule has 1 unspecified atom stereocenters. The van der Waals surface area contributed by atoms with Crippen LogP contribution in [0.4, 0.5) is 0 Å². The van der Waals surface area contributed by atoms with Crippen molar-refractivity contribution in [1.82, 2.24) is 9.80 Å². The van der Waals surface area contributed by atoms with Gasteiger partial charge in [0.15, 0.2) is 5.78 Å². The van der Waals surface area contributed by atoms with Crippen LogP contribution in [0.2, 0.25) is 10.0 Å². The fraction of sp³-hybridized carbons (Fsp3) is 0.462. The molecule has 2 rings (SSSR count). The van der Waals surface area contributed by atoms with E-state index in [1.54, 1.807) is 18.2 Å². The van der Waals surface area contributed by atoms with Crippen molar-refractivity contribution in [2.24, 2.45) is 0 Å². The van der Waals surface area contributed by atoms with Crippen LogP contribution in [0.3, 0.4) is 0 Å². The summed E-state index contributed by atoms with van der Waals surface area (Å²) in [6.45, 7) is 2.60. The van der Waals surface area contributed by atoms with Crippen LogP contribution in [-0.4, -0.2) is 55.4 Å². The molecule has 0 amide bonds. The fourth-order valence-corrected chi connectivity index (χ4v) is 2.66. The minimum absolute atomic E-state index is 0.0608. The third-order valence-corrected chi connectivity index (χ3v) is 3.90. The zero-order valence-electron chi connectivity index (χ0n) is 10.5. The van der Waals surface area contributed by atoms with Crippen molar-refractivity contribution in [2.45, 2.75) is 6.04 Å². The number of carbonyl (C=O) groups is 1. The molecule has 0 radical (unpaired) electrons. The van der Waals surface area contributed by atoms with Crippen molar-refractivity contribution >= 4 is 29.0 Å². The lowest BCUT2D eigenvalue weighted by atomic mass is 10.0. The maximum atomic E-state index is 12.5. The second kappa shape index (κ2) is 5.57. The van der Waals surface area contributed by atoms with Gasteiger partial charge in [0.1, 0.15) is 0 Å². The molecule has 1 aromatic rings. The number of ketones is 1. The van der Waals surface area contributed by atoms with Gasteiger partial charge in [0, 0.05) is 30.2 Å². The molecule has 1 aliphatic heterocycles. The highest BCUT2D eigenvalue weighted by molar-refractivity contribution is 6.37. The molecule has 0 aliphatic carbocycles. The molecule has 0 aromatic heterocycles. The Morgan fingerprint density at radius 2 is 2.00 bits per heavy atom. The third kappa shape index (κ3) is 2.86. The number of nitrogens with zero attached hydrogens (tertiary/aromatic N) is 2. The minimum Gasteiger partial charge on any atom is -0.303 e. The van der Waals surface area contributed by atoms with Crippen LogP contribution in [0.5, 0.6) is 0 Å². The van der Waals surface area contributed by atoms with Crippen LogP contribution in [0.1, 0.15) is 10.4 Å². The summed E-state index contributed by atoms with van der Waals surface area (Å²) in [4.78, 5) is 16.7. The number of hydrogen-bond acceptors (Lipinski definition) is 3. The van der Waals surface area contributed by atoms with E-state index in [2.05, 4.69) is 9.80 Å². The molecule has 1 heterocycles. The number of halogens is 2. The molecule has 0 bridgehead atoms. The van der Waals surface area contributed by atoms with Crippen molar-refractivity contribution in [3.63, 3.8) is 0 Å². The number of rotatable bonds is 2. The number of likely N-dealkylation sites (N-methyl/N-ethyl adjacent to an activating group) is 2. The van der Waals surface area contributed by atoms with Gasteiger partial charge in [-0.2, -0.15) is 0 Å². The first-order valence-electron chi connectivity index (χ1n) is 5.87. The van der Waals surface area contributed by atoms with Gasteiger partial charge in [-0.25, -0.2) is 0 Å². The van der Waals surface area contributed by atoms with Crippen LogP contribution >= 0.6 is 23.2 Å². The molecule has 1 aliphatic rings. The maximum absolute atomic E-state index is 12.5. The van der Waals surface area contributed by atoms with Crippen LogP contribution in [0.25, 0.3) is 0 Å². The normalized spacial score (nSPS) is 22.1. The Hall–Kier alpha value is -0.610. The van der Waals surface area contributed by atoms with Gasteiger partial charge in [0.2, 0.25) is 0 Å². The molecule has 3 nitrogen and oxygen atoms in total. The van der Waals surface area contributed by atoms with E-state index in [0.717, 1.165) is 19.6 Å². The molecule has 0 saturated carbocycles. The summed E-state index contributed by atoms with van der Waals surface area (Å²) in [7, 11) is 4.00. The average Bonchev–Trinajstić information content (AvgIpc) is 2.31. The van der Waals surface area contributed by atoms with Crippen molar-refractivity contribution in [1.29, 1.82) is 0 Å². The van der Waals surface area contributed by atoms with Crippen LogP contribution in [0.15, 0.2) is 18.2 Å². The summed E-state index contributed by atoms with van der Waals surface area (Å²) in [6.07, 6.45) is 0. The fourth-order valence-electron chi connectivity index (χ4n) is 2.16. The summed E-state index contributed by atoms with van der Waals surface area (Å²) < 4.78 is 0. The van der Waals surface area contributed by atoms with Crippen LogP contribution < -0.4 is 0 Å². The highest BCUT2D eigenvalue weighted by Gasteiger charge is 2.30. The second-order valence-electron chi connectivity index (χ2n) is 4.75. The van der Waals surface area contributed by atoms with E-state index < -0.39 is 0 Å². The second-order valence-corrected chi connectivity index (χ2v) is 5.59. The van der Waals surface area contributed by atoms with Gasteiger partial charge in [0.25, 0.3) is 0 Å². The number of hydrogen-bond donors (Lipinski definition) is 0. The smallest absolute Gasteiger partial charge is 0.182 e.